The molecule has 0 bridgehead atoms. The van der Waals surface area contributed by atoms with E-state index in [0.717, 1.165) is 29.7 Å². The zero-order valence-electron chi connectivity index (χ0n) is 8.73. The lowest BCUT2D eigenvalue weighted by Crippen LogP contribution is -1.99. The fourth-order valence-corrected chi connectivity index (χ4v) is 1.80. The van der Waals surface area contributed by atoms with Gasteiger partial charge in [0.05, 0.1) is 6.10 Å². The van der Waals surface area contributed by atoms with Gasteiger partial charge in [-0.2, -0.15) is 11.8 Å². The Morgan fingerprint density at radius 1 is 1.50 bits per heavy atom. The van der Waals surface area contributed by atoms with Crippen LogP contribution in [0.25, 0.3) is 0 Å². The first-order chi connectivity index (χ1) is 6.74. The highest BCUT2D eigenvalue weighted by Gasteiger charge is 2.06. The van der Waals surface area contributed by atoms with E-state index in [4.69, 9.17) is 0 Å². The number of pyridine rings is 1. The van der Waals surface area contributed by atoms with Crippen LogP contribution in [-0.4, -0.2) is 22.1 Å². The molecule has 1 atom stereocenters. The number of aryl methyl sites for hydroxylation is 1. The highest BCUT2D eigenvalue weighted by Crippen LogP contribution is 2.18. The first-order valence-corrected chi connectivity index (χ1v) is 6.22. The molecule has 14 heavy (non-hydrogen) atoms. The second kappa shape index (κ2) is 6.04. The van der Waals surface area contributed by atoms with Crippen molar-refractivity contribution in [2.24, 2.45) is 0 Å². The normalized spacial score (nSPS) is 12.8. The van der Waals surface area contributed by atoms with Crippen molar-refractivity contribution >= 4 is 11.8 Å². The predicted octanol–water partition coefficient (Wildman–Crippen LogP) is 2.57. The van der Waals surface area contributed by atoms with Gasteiger partial charge in [0.15, 0.2) is 0 Å². The molecule has 1 rings (SSSR count). The molecule has 1 aromatic heterocycles. The van der Waals surface area contributed by atoms with Gasteiger partial charge in [0.1, 0.15) is 0 Å². The molecule has 0 saturated heterocycles. The van der Waals surface area contributed by atoms with E-state index in [-0.39, 0.29) is 6.10 Å². The van der Waals surface area contributed by atoms with Crippen LogP contribution in [0.3, 0.4) is 0 Å². The fraction of sp³-hybridized carbons (Fsp3) is 0.545. The summed E-state index contributed by atoms with van der Waals surface area (Å²) in [5.41, 5.74) is 2.04. The van der Waals surface area contributed by atoms with Crippen molar-refractivity contribution in [1.82, 2.24) is 4.98 Å². The van der Waals surface area contributed by atoms with Crippen molar-refractivity contribution in [2.45, 2.75) is 25.9 Å². The first-order valence-electron chi connectivity index (χ1n) is 4.82. The number of rotatable bonds is 5. The summed E-state index contributed by atoms with van der Waals surface area (Å²) in [6.07, 6.45) is 7.16. The first kappa shape index (κ1) is 11.5. The average Bonchev–Trinajstić information content (AvgIpc) is 2.18. The summed E-state index contributed by atoms with van der Waals surface area (Å²) in [4.78, 5) is 4.07. The van der Waals surface area contributed by atoms with Gasteiger partial charge in [0, 0.05) is 12.4 Å². The minimum Gasteiger partial charge on any atom is -0.388 e. The number of hydrogen-bond donors (Lipinski definition) is 1. The monoisotopic (exact) mass is 211 g/mol. The zero-order chi connectivity index (χ0) is 10.4. The molecule has 1 heterocycles. The zero-order valence-corrected chi connectivity index (χ0v) is 9.55. The number of aromatic nitrogens is 1. The van der Waals surface area contributed by atoms with E-state index in [1.807, 2.05) is 24.8 Å². The molecule has 1 N–H and O–H groups in total. The summed E-state index contributed by atoms with van der Waals surface area (Å²) < 4.78 is 0. The van der Waals surface area contributed by atoms with Crippen molar-refractivity contribution in [3.05, 3.63) is 29.6 Å². The molecule has 3 heteroatoms. The Labute approximate surface area is 89.8 Å². The van der Waals surface area contributed by atoms with Crippen molar-refractivity contribution in [2.75, 3.05) is 12.0 Å². The van der Waals surface area contributed by atoms with E-state index in [0.29, 0.717) is 0 Å². The molecule has 0 fully saturated rings. The smallest absolute Gasteiger partial charge is 0.0805 e. The number of hydrogen-bond acceptors (Lipinski definition) is 3. The Hall–Kier alpha value is -0.540. The summed E-state index contributed by atoms with van der Waals surface area (Å²) >= 11 is 1.82. The van der Waals surface area contributed by atoms with Gasteiger partial charge in [-0.05, 0) is 42.9 Å². The number of nitrogens with zero attached hydrogens (tertiary/aromatic N) is 1. The van der Waals surface area contributed by atoms with Crippen molar-refractivity contribution in [3.8, 4) is 0 Å². The van der Waals surface area contributed by atoms with E-state index < -0.39 is 0 Å². The fourth-order valence-electron chi connectivity index (χ4n) is 1.35. The van der Waals surface area contributed by atoms with E-state index >= 15 is 0 Å². The maximum atomic E-state index is 9.82. The Morgan fingerprint density at radius 2 is 2.29 bits per heavy atom. The molecule has 1 unspecified atom stereocenters. The highest BCUT2D eigenvalue weighted by atomic mass is 32.2. The van der Waals surface area contributed by atoms with E-state index in [2.05, 4.69) is 11.2 Å². The van der Waals surface area contributed by atoms with Crippen LogP contribution in [0.2, 0.25) is 0 Å². The number of aliphatic hydroxyl groups excluding tert-OH is 1. The minimum atomic E-state index is -0.352. The molecule has 1 aromatic rings. The Morgan fingerprint density at radius 3 is 2.93 bits per heavy atom. The van der Waals surface area contributed by atoms with Gasteiger partial charge in [0.2, 0.25) is 0 Å². The van der Waals surface area contributed by atoms with Gasteiger partial charge in [-0.1, -0.05) is 6.07 Å². The van der Waals surface area contributed by atoms with Gasteiger partial charge in [-0.3, -0.25) is 4.98 Å². The van der Waals surface area contributed by atoms with Crippen LogP contribution in [0, 0.1) is 6.92 Å². The van der Waals surface area contributed by atoms with E-state index in [1.54, 1.807) is 12.4 Å². The molecule has 0 spiro atoms. The summed E-state index contributed by atoms with van der Waals surface area (Å²) in [5.74, 6) is 1.11. The van der Waals surface area contributed by atoms with Crippen LogP contribution in [0.5, 0.6) is 0 Å². The predicted molar refractivity (Wildman–Crippen MR) is 61.5 cm³/mol. The summed E-state index contributed by atoms with van der Waals surface area (Å²) in [7, 11) is 0. The lowest BCUT2D eigenvalue weighted by atomic mass is 10.1. The quantitative estimate of drug-likeness (QED) is 0.760. The summed E-state index contributed by atoms with van der Waals surface area (Å²) in [6, 6.07) is 2.00. The molecule has 78 valence electrons. The second-order valence-electron chi connectivity index (χ2n) is 3.45. The third kappa shape index (κ3) is 3.68. The number of thioether (sulfide) groups is 1. The van der Waals surface area contributed by atoms with Crippen molar-refractivity contribution in [1.29, 1.82) is 0 Å². The van der Waals surface area contributed by atoms with Gasteiger partial charge in [0.25, 0.3) is 0 Å². The van der Waals surface area contributed by atoms with Gasteiger partial charge >= 0.3 is 0 Å². The maximum Gasteiger partial charge on any atom is 0.0805 e. The molecule has 0 aromatic carbocycles. The third-order valence-electron chi connectivity index (χ3n) is 2.11. The lowest BCUT2D eigenvalue weighted by molar-refractivity contribution is 0.166. The van der Waals surface area contributed by atoms with Crippen LogP contribution in [0.15, 0.2) is 18.5 Å². The van der Waals surface area contributed by atoms with Crippen LogP contribution >= 0.6 is 11.8 Å². The Kier molecular flexibility index (Phi) is 4.98. The van der Waals surface area contributed by atoms with E-state index in [1.165, 1.54) is 0 Å². The molecular weight excluding hydrogens is 194 g/mol. The number of aliphatic hydroxyl groups is 1. The van der Waals surface area contributed by atoms with Crippen LogP contribution in [0.1, 0.15) is 30.1 Å². The maximum absolute atomic E-state index is 9.82. The lowest BCUT2D eigenvalue weighted by Gasteiger charge is -2.10. The van der Waals surface area contributed by atoms with E-state index in [9.17, 15) is 5.11 Å². The minimum absolute atomic E-state index is 0.352. The Bertz CT molecular complexity index is 278. The molecule has 2 nitrogen and oxygen atoms in total. The second-order valence-corrected chi connectivity index (χ2v) is 4.43. The molecule has 0 amide bonds. The van der Waals surface area contributed by atoms with Crippen molar-refractivity contribution < 1.29 is 5.11 Å². The Balaban J connectivity index is 2.47. The van der Waals surface area contributed by atoms with Gasteiger partial charge in [-0.25, -0.2) is 0 Å². The van der Waals surface area contributed by atoms with Crippen molar-refractivity contribution in [3.63, 3.8) is 0 Å². The average molecular weight is 211 g/mol. The third-order valence-corrected chi connectivity index (χ3v) is 2.80. The molecule has 0 aliphatic carbocycles. The topological polar surface area (TPSA) is 33.1 Å². The van der Waals surface area contributed by atoms with Crippen LogP contribution < -0.4 is 0 Å². The molecular formula is C11H17NOS. The van der Waals surface area contributed by atoms with Gasteiger partial charge < -0.3 is 5.11 Å². The molecule has 0 radical (unpaired) electrons. The summed E-state index contributed by atoms with van der Waals surface area (Å²) in [5, 5.41) is 9.82. The highest BCUT2D eigenvalue weighted by molar-refractivity contribution is 7.98. The standard InChI is InChI=1S/C11H17NOS/c1-9-6-10(8-12-7-9)11(13)4-3-5-14-2/h6-8,11,13H,3-5H2,1-2H3. The van der Waals surface area contributed by atoms with Gasteiger partial charge in [-0.15, -0.1) is 0 Å². The van der Waals surface area contributed by atoms with Crippen LogP contribution in [-0.2, 0) is 0 Å². The molecule has 0 aliphatic rings. The summed E-state index contributed by atoms with van der Waals surface area (Å²) in [6.45, 7) is 1.99. The molecule has 0 saturated carbocycles. The van der Waals surface area contributed by atoms with Crippen LogP contribution in [0.4, 0.5) is 0 Å². The SMILES string of the molecule is CSCCCC(O)c1cncc(C)c1. The molecule has 0 aliphatic heterocycles. The largest absolute Gasteiger partial charge is 0.388 e.